The number of rotatable bonds is 5. The van der Waals surface area contributed by atoms with Crippen molar-refractivity contribution in [2.45, 2.75) is 44.2 Å². The molecule has 3 N–H and O–H groups in total. The SMILES string of the molecule is Cc1ccc(C(N)C(=O)Nc2cccc(CS(=O)C(C)(C)C)c2)cc1. The fourth-order valence-electron chi connectivity index (χ4n) is 2.25. The number of amides is 1. The van der Waals surface area contributed by atoms with Crippen LogP contribution in [0.1, 0.15) is 43.5 Å². The number of anilines is 1. The molecule has 2 aromatic carbocycles. The van der Waals surface area contributed by atoms with E-state index in [1.165, 1.54) is 0 Å². The van der Waals surface area contributed by atoms with Gasteiger partial charge in [-0.3, -0.25) is 9.00 Å². The van der Waals surface area contributed by atoms with E-state index in [4.69, 9.17) is 5.73 Å². The normalized spacial score (nSPS) is 14.0. The highest BCUT2D eigenvalue weighted by Crippen LogP contribution is 2.20. The molecule has 25 heavy (non-hydrogen) atoms. The van der Waals surface area contributed by atoms with Gasteiger partial charge in [0.2, 0.25) is 5.91 Å². The van der Waals surface area contributed by atoms with Gasteiger partial charge in [-0.05, 0) is 51.0 Å². The lowest BCUT2D eigenvalue weighted by molar-refractivity contribution is -0.117. The van der Waals surface area contributed by atoms with Gasteiger partial charge in [-0.25, -0.2) is 0 Å². The molecule has 0 aromatic heterocycles. The molecular weight excluding hydrogens is 332 g/mol. The van der Waals surface area contributed by atoms with Gasteiger partial charge in [-0.1, -0.05) is 42.0 Å². The number of carbonyl (C=O) groups is 1. The molecule has 0 radical (unpaired) electrons. The van der Waals surface area contributed by atoms with Gasteiger partial charge >= 0.3 is 0 Å². The second kappa shape index (κ2) is 7.93. The highest BCUT2D eigenvalue weighted by atomic mass is 32.2. The number of hydrogen-bond acceptors (Lipinski definition) is 3. The first-order chi connectivity index (χ1) is 11.7. The lowest BCUT2D eigenvalue weighted by atomic mass is 10.1. The maximum atomic E-state index is 12.4. The van der Waals surface area contributed by atoms with Crippen LogP contribution in [0.4, 0.5) is 5.69 Å². The second-order valence-corrected chi connectivity index (χ2v) is 9.38. The largest absolute Gasteiger partial charge is 0.324 e. The van der Waals surface area contributed by atoms with Gasteiger partial charge in [0.15, 0.2) is 0 Å². The Kier molecular flexibility index (Phi) is 6.14. The van der Waals surface area contributed by atoms with Crippen molar-refractivity contribution in [1.82, 2.24) is 0 Å². The van der Waals surface area contributed by atoms with Crippen LogP contribution in [-0.2, 0) is 21.3 Å². The zero-order chi connectivity index (χ0) is 18.6. The highest BCUT2D eigenvalue weighted by Gasteiger charge is 2.20. The average Bonchev–Trinajstić information content (AvgIpc) is 2.54. The van der Waals surface area contributed by atoms with E-state index in [0.717, 1.165) is 16.7 Å². The Hall–Kier alpha value is -1.98. The van der Waals surface area contributed by atoms with Crippen LogP contribution in [0.15, 0.2) is 48.5 Å². The van der Waals surface area contributed by atoms with E-state index in [1.807, 2.05) is 76.2 Å². The Morgan fingerprint density at radius 1 is 1.16 bits per heavy atom. The van der Waals surface area contributed by atoms with Crippen molar-refractivity contribution in [3.05, 3.63) is 65.2 Å². The third-order valence-electron chi connectivity index (χ3n) is 3.89. The first-order valence-corrected chi connectivity index (χ1v) is 9.59. The van der Waals surface area contributed by atoms with Crippen LogP contribution in [0.25, 0.3) is 0 Å². The number of nitrogens with two attached hydrogens (primary N) is 1. The molecule has 0 spiro atoms. The zero-order valence-corrected chi connectivity index (χ0v) is 16.0. The van der Waals surface area contributed by atoms with Crippen molar-refractivity contribution in [3.8, 4) is 0 Å². The van der Waals surface area contributed by atoms with E-state index < -0.39 is 16.8 Å². The van der Waals surface area contributed by atoms with Gasteiger partial charge in [0.25, 0.3) is 0 Å². The number of aryl methyl sites for hydroxylation is 1. The summed E-state index contributed by atoms with van der Waals surface area (Å²) in [6.45, 7) is 7.85. The Morgan fingerprint density at radius 2 is 1.80 bits per heavy atom. The van der Waals surface area contributed by atoms with E-state index in [-0.39, 0.29) is 10.7 Å². The standard InChI is InChI=1S/C20H26N2O2S/c1-14-8-10-16(11-9-14)18(21)19(23)22-17-7-5-6-15(12-17)13-25(24)20(2,3)4/h5-12,18H,13,21H2,1-4H3,(H,22,23). The number of carbonyl (C=O) groups excluding carboxylic acids is 1. The highest BCUT2D eigenvalue weighted by molar-refractivity contribution is 7.85. The number of nitrogens with one attached hydrogen (secondary N) is 1. The lowest BCUT2D eigenvalue weighted by Gasteiger charge is -2.18. The molecule has 0 heterocycles. The van der Waals surface area contributed by atoms with E-state index in [2.05, 4.69) is 5.32 Å². The van der Waals surface area contributed by atoms with Crippen molar-refractivity contribution in [3.63, 3.8) is 0 Å². The quantitative estimate of drug-likeness (QED) is 0.856. The van der Waals surface area contributed by atoms with Crippen LogP contribution in [0.5, 0.6) is 0 Å². The average molecular weight is 359 g/mol. The van der Waals surface area contributed by atoms with E-state index in [9.17, 15) is 9.00 Å². The molecule has 0 aliphatic heterocycles. The summed E-state index contributed by atoms with van der Waals surface area (Å²) in [6.07, 6.45) is 0. The maximum absolute atomic E-state index is 12.4. The molecule has 0 aliphatic carbocycles. The summed E-state index contributed by atoms with van der Waals surface area (Å²) in [5.41, 5.74) is 9.53. The molecule has 0 saturated heterocycles. The molecule has 5 heteroatoms. The first kappa shape index (κ1) is 19.3. The summed E-state index contributed by atoms with van der Waals surface area (Å²) in [7, 11) is -0.987. The summed E-state index contributed by atoms with van der Waals surface area (Å²) < 4.78 is 12.0. The molecule has 2 aromatic rings. The molecule has 0 aliphatic rings. The third kappa shape index (κ3) is 5.51. The van der Waals surface area contributed by atoms with Gasteiger partial charge < -0.3 is 11.1 Å². The Bertz CT molecular complexity index is 764. The van der Waals surface area contributed by atoms with Gasteiger partial charge in [-0.2, -0.15) is 0 Å². The number of hydrogen-bond donors (Lipinski definition) is 2. The maximum Gasteiger partial charge on any atom is 0.245 e. The minimum absolute atomic E-state index is 0.266. The molecular formula is C20H26N2O2S. The molecule has 1 amide bonds. The van der Waals surface area contributed by atoms with Crippen molar-refractivity contribution in [2.75, 3.05) is 5.32 Å². The van der Waals surface area contributed by atoms with Crippen LogP contribution < -0.4 is 11.1 Å². The van der Waals surface area contributed by atoms with Crippen LogP contribution in [-0.4, -0.2) is 14.9 Å². The Labute approximate surface area is 152 Å². The van der Waals surface area contributed by atoms with Gasteiger partial charge in [0.1, 0.15) is 6.04 Å². The molecule has 2 rings (SSSR count). The fourth-order valence-corrected chi connectivity index (χ4v) is 3.17. The summed E-state index contributed by atoms with van der Waals surface area (Å²) in [5.74, 6) is 0.190. The van der Waals surface area contributed by atoms with Crippen molar-refractivity contribution in [1.29, 1.82) is 0 Å². The van der Waals surface area contributed by atoms with Crippen molar-refractivity contribution < 1.29 is 9.00 Å². The Balaban J connectivity index is 2.07. The smallest absolute Gasteiger partial charge is 0.245 e. The summed E-state index contributed by atoms with van der Waals surface area (Å²) in [5, 5.41) is 2.84. The van der Waals surface area contributed by atoms with Gasteiger partial charge in [0.05, 0.1) is 0 Å². The predicted molar refractivity (Wildman–Crippen MR) is 105 cm³/mol. The molecule has 0 saturated carbocycles. The van der Waals surface area contributed by atoms with Crippen LogP contribution in [0, 0.1) is 6.92 Å². The molecule has 0 bridgehead atoms. The zero-order valence-electron chi connectivity index (χ0n) is 15.2. The molecule has 4 nitrogen and oxygen atoms in total. The predicted octanol–water partition coefficient (Wildman–Crippen LogP) is 3.68. The van der Waals surface area contributed by atoms with Crippen molar-refractivity contribution in [2.24, 2.45) is 5.73 Å². The van der Waals surface area contributed by atoms with E-state index in [1.54, 1.807) is 0 Å². The van der Waals surface area contributed by atoms with Crippen LogP contribution >= 0.6 is 0 Å². The minimum Gasteiger partial charge on any atom is -0.324 e. The van der Waals surface area contributed by atoms with Crippen LogP contribution in [0.2, 0.25) is 0 Å². The van der Waals surface area contributed by atoms with Gasteiger partial charge in [0, 0.05) is 27.0 Å². The summed E-state index contributed by atoms with van der Waals surface area (Å²) in [4.78, 5) is 12.4. The molecule has 0 fully saturated rings. The molecule has 134 valence electrons. The number of benzene rings is 2. The van der Waals surface area contributed by atoms with Crippen LogP contribution in [0.3, 0.4) is 0 Å². The summed E-state index contributed by atoms with van der Waals surface area (Å²) >= 11 is 0. The van der Waals surface area contributed by atoms with E-state index in [0.29, 0.717) is 11.4 Å². The van der Waals surface area contributed by atoms with Gasteiger partial charge in [-0.15, -0.1) is 0 Å². The fraction of sp³-hybridized carbons (Fsp3) is 0.350. The second-order valence-electron chi connectivity index (χ2n) is 7.18. The summed E-state index contributed by atoms with van der Waals surface area (Å²) in [6, 6.07) is 14.3. The van der Waals surface area contributed by atoms with Crippen molar-refractivity contribution >= 4 is 22.4 Å². The third-order valence-corrected chi connectivity index (χ3v) is 5.86. The van der Waals surface area contributed by atoms with E-state index >= 15 is 0 Å². The topological polar surface area (TPSA) is 72.2 Å². The lowest BCUT2D eigenvalue weighted by Crippen LogP contribution is -2.27. The molecule has 2 unspecified atom stereocenters. The monoisotopic (exact) mass is 358 g/mol. The minimum atomic E-state index is -0.987. The molecule has 2 atom stereocenters. The Morgan fingerprint density at radius 3 is 2.40 bits per heavy atom. The first-order valence-electron chi connectivity index (χ1n) is 8.27.